The molecule has 1 aromatic rings. The van der Waals surface area contributed by atoms with Gasteiger partial charge in [-0.1, -0.05) is 23.8 Å². The molecule has 0 aliphatic rings. The molecule has 0 bridgehead atoms. The third-order valence-corrected chi connectivity index (χ3v) is 1.93. The van der Waals surface area contributed by atoms with Crippen LogP contribution in [0.15, 0.2) is 18.2 Å². The van der Waals surface area contributed by atoms with Crippen LogP contribution in [0.1, 0.15) is 29.7 Å². The van der Waals surface area contributed by atoms with Gasteiger partial charge in [0.2, 0.25) is 0 Å². The van der Waals surface area contributed by atoms with Crippen LogP contribution in [0.2, 0.25) is 0 Å². The average molecular weight is 186 g/mol. The van der Waals surface area contributed by atoms with Gasteiger partial charge in [0.1, 0.15) is 0 Å². The molecule has 0 aromatic heterocycles. The highest BCUT2D eigenvalue weighted by Crippen LogP contribution is 2.16. The smallest absolute Gasteiger partial charge is 0.0268 e. The molecule has 2 heteroatoms. The van der Waals surface area contributed by atoms with Crippen LogP contribution in [0.5, 0.6) is 0 Å². The molecule has 0 saturated carbocycles. The minimum absolute atomic E-state index is 0. The first-order chi connectivity index (χ1) is 5.11. The van der Waals surface area contributed by atoms with Crippen LogP contribution >= 0.6 is 12.4 Å². The molecule has 1 rings (SSSR count). The number of hydrogen-bond acceptors (Lipinski definition) is 1. The highest BCUT2D eigenvalue weighted by atomic mass is 35.5. The molecule has 0 aliphatic carbocycles. The van der Waals surface area contributed by atoms with Gasteiger partial charge in [-0.2, -0.15) is 0 Å². The van der Waals surface area contributed by atoms with Crippen LogP contribution in [-0.4, -0.2) is 0 Å². The van der Waals surface area contributed by atoms with Crippen LogP contribution in [0.4, 0.5) is 0 Å². The van der Waals surface area contributed by atoms with E-state index in [-0.39, 0.29) is 18.4 Å². The van der Waals surface area contributed by atoms with Gasteiger partial charge in [-0.15, -0.1) is 12.4 Å². The zero-order valence-electron chi connectivity index (χ0n) is 7.79. The number of hydrogen-bond donors (Lipinski definition) is 1. The fourth-order valence-electron chi connectivity index (χ4n) is 1.25. The lowest BCUT2D eigenvalue weighted by molar-refractivity contribution is 0.808. The van der Waals surface area contributed by atoms with Gasteiger partial charge in [0.15, 0.2) is 0 Å². The highest BCUT2D eigenvalue weighted by Gasteiger charge is 2.02. The van der Waals surface area contributed by atoms with E-state index < -0.39 is 0 Å². The second-order valence-corrected chi connectivity index (χ2v) is 3.15. The van der Waals surface area contributed by atoms with E-state index >= 15 is 0 Å². The lowest BCUT2D eigenvalue weighted by atomic mass is 10.0. The average Bonchev–Trinajstić information content (AvgIpc) is 1.94. The van der Waals surface area contributed by atoms with Crippen LogP contribution in [-0.2, 0) is 0 Å². The first-order valence-corrected chi connectivity index (χ1v) is 3.94. The lowest BCUT2D eigenvalue weighted by Crippen LogP contribution is -2.06. The van der Waals surface area contributed by atoms with Crippen molar-refractivity contribution in [1.82, 2.24) is 0 Å². The first-order valence-electron chi connectivity index (χ1n) is 3.94. The van der Waals surface area contributed by atoms with E-state index in [0.717, 1.165) is 0 Å². The van der Waals surface area contributed by atoms with E-state index in [4.69, 9.17) is 5.73 Å². The van der Waals surface area contributed by atoms with Crippen molar-refractivity contribution in [1.29, 1.82) is 0 Å². The summed E-state index contributed by atoms with van der Waals surface area (Å²) in [5.74, 6) is 0. The molecule has 0 amide bonds. The Balaban J connectivity index is 0.00000121. The molecule has 1 unspecified atom stereocenters. The Hall–Kier alpha value is -0.530. The summed E-state index contributed by atoms with van der Waals surface area (Å²) in [6.07, 6.45) is 0. The first kappa shape index (κ1) is 11.5. The monoisotopic (exact) mass is 185 g/mol. The SMILES string of the molecule is Cc1ccc(C)c(C(C)N)c1.Cl. The predicted octanol–water partition coefficient (Wildman–Crippen LogP) is 2.74. The minimum Gasteiger partial charge on any atom is -0.324 e. The van der Waals surface area contributed by atoms with Gasteiger partial charge in [-0.3, -0.25) is 0 Å². The van der Waals surface area contributed by atoms with Gasteiger partial charge in [-0.05, 0) is 31.9 Å². The maximum atomic E-state index is 5.78. The van der Waals surface area contributed by atoms with Crippen LogP contribution in [0.25, 0.3) is 0 Å². The standard InChI is InChI=1S/C10H15N.ClH/c1-7-4-5-8(2)10(6-7)9(3)11;/h4-6,9H,11H2,1-3H3;1H. The van der Waals surface area contributed by atoms with Crippen molar-refractivity contribution in [2.24, 2.45) is 5.73 Å². The zero-order chi connectivity index (χ0) is 8.43. The van der Waals surface area contributed by atoms with E-state index in [9.17, 15) is 0 Å². The van der Waals surface area contributed by atoms with Crippen molar-refractivity contribution >= 4 is 12.4 Å². The molecule has 12 heavy (non-hydrogen) atoms. The Morgan fingerprint density at radius 2 is 1.83 bits per heavy atom. The fraction of sp³-hybridized carbons (Fsp3) is 0.400. The minimum atomic E-state index is 0. The third-order valence-electron chi connectivity index (χ3n) is 1.93. The molecule has 1 nitrogen and oxygen atoms in total. The van der Waals surface area contributed by atoms with E-state index in [1.165, 1.54) is 16.7 Å². The number of halogens is 1. The van der Waals surface area contributed by atoms with Crippen molar-refractivity contribution in [2.45, 2.75) is 26.8 Å². The van der Waals surface area contributed by atoms with Gasteiger partial charge < -0.3 is 5.73 Å². The van der Waals surface area contributed by atoms with Gasteiger partial charge >= 0.3 is 0 Å². The van der Waals surface area contributed by atoms with Crippen LogP contribution in [0, 0.1) is 13.8 Å². The maximum absolute atomic E-state index is 5.78. The number of benzene rings is 1. The summed E-state index contributed by atoms with van der Waals surface area (Å²) in [5.41, 5.74) is 9.60. The summed E-state index contributed by atoms with van der Waals surface area (Å²) in [4.78, 5) is 0. The van der Waals surface area contributed by atoms with E-state index in [2.05, 4.69) is 32.0 Å². The van der Waals surface area contributed by atoms with E-state index in [1.807, 2.05) is 6.92 Å². The molecule has 2 N–H and O–H groups in total. The molecule has 0 aliphatic heterocycles. The summed E-state index contributed by atoms with van der Waals surface area (Å²) >= 11 is 0. The second-order valence-electron chi connectivity index (χ2n) is 3.15. The molecule has 0 spiro atoms. The zero-order valence-corrected chi connectivity index (χ0v) is 8.61. The molecular formula is C10H16ClN. The summed E-state index contributed by atoms with van der Waals surface area (Å²) in [6, 6.07) is 6.53. The highest BCUT2D eigenvalue weighted by molar-refractivity contribution is 5.85. The van der Waals surface area contributed by atoms with Crippen molar-refractivity contribution < 1.29 is 0 Å². The molecule has 0 radical (unpaired) electrons. The normalized spacial score (nSPS) is 12.0. The third kappa shape index (κ3) is 2.50. The number of aryl methyl sites for hydroxylation is 2. The van der Waals surface area contributed by atoms with E-state index in [0.29, 0.717) is 0 Å². The second kappa shape index (κ2) is 4.48. The molecule has 1 atom stereocenters. The molecule has 0 fully saturated rings. The van der Waals surface area contributed by atoms with E-state index in [1.54, 1.807) is 0 Å². The quantitative estimate of drug-likeness (QED) is 0.716. The summed E-state index contributed by atoms with van der Waals surface area (Å²) in [7, 11) is 0. The number of nitrogens with two attached hydrogens (primary N) is 1. The summed E-state index contributed by atoms with van der Waals surface area (Å²) < 4.78 is 0. The Labute approximate surface area is 80.4 Å². The van der Waals surface area contributed by atoms with Crippen molar-refractivity contribution in [3.05, 3.63) is 34.9 Å². The predicted molar refractivity (Wildman–Crippen MR) is 55.8 cm³/mol. The van der Waals surface area contributed by atoms with Gasteiger partial charge in [0.05, 0.1) is 0 Å². The van der Waals surface area contributed by atoms with Crippen molar-refractivity contribution in [3.63, 3.8) is 0 Å². The summed E-state index contributed by atoms with van der Waals surface area (Å²) in [6.45, 7) is 6.20. The molecule has 0 heterocycles. The van der Waals surface area contributed by atoms with Crippen molar-refractivity contribution in [2.75, 3.05) is 0 Å². The van der Waals surface area contributed by atoms with Crippen LogP contribution < -0.4 is 5.73 Å². The van der Waals surface area contributed by atoms with Gasteiger partial charge in [0, 0.05) is 6.04 Å². The Morgan fingerprint density at radius 3 is 2.25 bits per heavy atom. The summed E-state index contributed by atoms with van der Waals surface area (Å²) in [5, 5.41) is 0. The van der Waals surface area contributed by atoms with Crippen molar-refractivity contribution in [3.8, 4) is 0 Å². The van der Waals surface area contributed by atoms with Gasteiger partial charge in [0.25, 0.3) is 0 Å². The molecule has 1 aromatic carbocycles. The largest absolute Gasteiger partial charge is 0.324 e. The topological polar surface area (TPSA) is 26.0 Å². The Kier molecular flexibility index (Phi) is 4.29. The molecule has 0 saturated heterocycles. The number of rotatable bonds is 1. The Bertz CT molecular complexity index is 256. The molecule has 68 valence electrons. The lowest BCUT2D eigenvalue weighted by Gasteiger charge is -2.09. The van der Waals surface area contributed by atoms with Gasteiger partial charge in [-0.25, -0.2) is 0 Å². The van der Waals surface area contributed by atoms with Crippen LogP contribution in [0.3, 0.4) is 0 Å². The fourth-order valence-corrected chi connectivity index (χ4v) is 1.25. The molecular weight excluding hydrogens is 170 g/mol. The maximum Gasteiger partial charge on any atom is 0.0268 e. The Morgan fingerprint density at radius 1 is 1.25 bits per heavy atom.